The zero-order valence-corrected chi connectivity index (χ0v) is 8.13. The van der Waals surface area contributed by atoms with Crippen LogP contribution in [0.1, 0.15) is 39.0 Å². The van der Waals surface area contributed by atoms with Gasteiger partial charge in [-0.15, -0.1) is 0 Å². The third-order valence-electron chi connectivity index (χ3n) is 2.79. The lowest BCUT2D eigenvalue weighted by Crippen LogP contribution is -2.37. The lowest BCUT2D eigenvalue weighted by Gasteiger charge is -2.32. The van der Waals surface area contributed by atoms with Crippen molar-refractivity contribution in [2.75, 3.05) is 19.7 Å². The SMILES string of the molecule is C[C@H](CCCO)N1CCCCC1. The van der Waals surface area contributed by atoms with Gasteiger partial charge < -0.3 is 10.0 Å². The molecule has 1 atom stereocenters. The van der Waals surface area contributed by atoms with Crippen LogP contribution >= 0.6 is 0 Å². The van der Waals surface area contributed by atoms with Crippen LogP contribution in [0.2, 0.25) is 0 Å². The first kappa shape index (κ1) is 10.0. The molecule has 1 rings (SSSR count). The van der Waals surface area contributed by atoms with Crippen molar-refractivity contribution in [3.63, 3.8) is 0 Å². The molecule has 0 saturated carbocycles. The van der Waals surface area contributed by atoms with Gasteiger partial charge in [-0.05, 0) is 45.7 Å². The van der Waals surface area contributed by atoms with Crippen molar-refractivity contribution in [3.05, 3.63) is 0 Å². The second kappa shape index (κ2) is 5.55. The molecular formula is C10H21NO. The zero-order valence-electron chi connectivity index (χ0n) is 8.13. The molecule has 0 unspecified atom stereocenters. The lowest BCUT2D eigenvalue weighted by molar-refractivity contribution is 0.156. The van der Waals surface area contributed by atoms with Crippen LogP contribution in [0.4, 0.5) is 0 Å². The van der Waals surface area contributed by atoms with E-state index in [1.54, 1.807) is 0 Å². The first-order valence-corrected chi connectivity index (χ1v) is 5.19. The molecule has 1 N–H and O–H groups in total. The predicted molar refractivity (Wildman–Crippen MR) is 51.2 cm³/mol. The highest BCUT2D eigenvalue weighted by molar-refractivity contribution is 4.70. The number of aliphatic hydroxyl groups is 1. The molecule has 1 aliphatic heterocycles. The molecule has 0 aliphatic carbocycles. The lowest BCUT2D eigenvalue weighted by atomic mass is 10.1. The van der Waals surface area contributed by atoms with E-state index < -0.39 is 0 Å². The van der Waals surface area contributed by atoms with Gasteiger partial charge in [-0.1, -0.05) is 6.42 Å². The van der Waals surface area contributed by atoms with Crippen LogP contribution in [0.5, 0.6) is 0 Å². The van der Waals surface area contributed by atoms with Crippen LogP contribution in [0.3, 0.4) is 0 Å². The average Bonchev–Trinajstić information content (AvgIpc) is 2.15. The summed E-state index contributed by atoms with van der Waals surface area (Å²) >= 11 is 0. The van der Waals surface area contributed by atoms with Gasteiger partial charge in [-0.3, -0.25) is 0 Å². The van der Waals surface area contributed by atoms with E-state index in [1.807, 2.05) is 0 Å². The maximum Gasteiger partial charge on any atom is 0.0431 e. The first-order chi connectivity index (χ1) is 5.84. The minimum Gasteiger partial charge on any atom is -0.396 e. The van der Waals surface area contributed by atoms with Gasteiger partial charge in [-0.25, -0.2) is 0 Å². The number of likely N-dealkylation sites (tertiary alicyclic amines) is 1. The maximum absolute atomic E-state index is 8.69. The van der Waals surface area contributed by atoms with Crippen molar-refractivity contribution < 1.29 is 5.11 Å². The molecule has 0 spiro atoms. The van der Waals surface area contributed by atoms with Crippen LogP contribution in [-0.4, -0.2) is 35.7 Å². The van der Waals surface area contributed by atoms with E-state index in [4.69, 9.17) is 5.11 Å². The quantitative estimate of drug-likeness (QED) is 0.695. The van der Waals surface area contributed by atoms with Crippen LogP contribution in [0, 0.1) is 0 Å². The first-order valence-electron chi connectivity index (χ1n) is 5.19. The van der Waals surface area contributed by atoms with Crippen LogP contribution in [-0.2, 0) is 0 Å². The Morgan fingerprint density at radius 3 is 2.50 bits per heavy atom. The topological polar surface area (TPSA) is 23.5 Å². The van der Waals surface area contributed by atoms with Crippen molar-refractivity contribution >= 4 is 0 Å². The van der Waals surface area contributed by atoms with E-state index in [0.29, 0.717) is 12.6 Å². The van der Waals surface area contributed by atoms with Crippen LogP contribution in [0.25, 0.3) is 0 Å². The van der Waals surface area contributed by atoms with E-state index in [-0.39, 0.29) is 0 Å². The van der Waals surface area contributed by atoms with Gasteiger partial charge in [0.25, 0.3) is 0 Å². The van der Waals surface area contributed by atoms with Crippen LogP contribution in [0.15, 0.2) is 0 Å². The number of aliphatic hydroxyl groups excluding tert-OH is 1. The summed E-state index contributed by atoms with van der Waals surface area (Å²) in [5.74, 6) is 0. The van der Waals surface area contributed by atoms with Gasteiger partial charge in [0.15, 0.2) is 0 Å². The smallest absolute Gasteiger partial charge is 0.0431 e. The fourth-order valence-corrected chi connectivity index (χ4v) is 1.93. The summed E-state index contributed by atoms with van der Waals surface area (Å²) in [6.45, 7) is 5.17. The van der Waals surface area contributed by atoms with E-state index in [9.17, 15) is 0 Å². The molecule has 12 heavy (non-hydrogen) atoms. The molecule has 0 bridgehead atoms. The van der Waals surface area contributed by atoms with E-state index in [1.165, 1.54) is 32.4 Å². The fraction of sp³-hybridized carbons (Fsp3) is 1.00. The van der Waals surface area contributed by atoms with Crippen molar-refractivity contribution in [2.45, 2.75) is 45.1 Å². The molecule has 0 aromatic carbocycles. The minimum atomic E-state index is 0.345. The summed E-state index contributed by atoms with van der Waals surface area (Å²) in [6.07, 6.45) is 6.24. The number of hydrogen-bond acceptors (Lipinski definition) is 2. The maximum atomic E-state index is 8.69. The van der Waals surface area contributed by atoms with Crippen LogP contribution < -0.4 is 0 Å². The summed E-state index contributed by atoms with van der Waals surface area (Å²) in [7, 11) is 0. The molecule has 0 radical (unpaired) electrons. The summed E-state index contributed by atoms with van der Waals surface area (Å²) < 4.78 is 0. The monoisotopic (exact) mass is 171 g/mol. The average molecular weight is 171 g/mol. The van der Waals surface area contributed by atoms with Crippen molar-refractivity contribution in [1.29, 1.82) is 0 Å². The Labute approximate surface area is 75.6 Å². The van der Waals surface area contributed by atoms with E-state index in [0.717, 1.165) is 12.8 Å². The normalized spacial score (nSPS) is 22.5. The molecule has 0 aromatic rings. The Morgan fingerprint density at radius 2 is 1.92 bits per heavy atom. The Bertz CT molecular complexity index is 110. The molecule has 1 saturated heterocycles. The van der Waals surface area contributed by atoms with Gasteiger partial charge in [0.1, 0.15) is 0 Å². The van der Waals surface area contributed by atoms with Gasteiger partial charge in [0.05, 0.1) is 0 Å². The van der Waals surface area contributed by atoms with Crippen molar-refractivity contribution in [2.24, 2.45) is 0 Å². The third kappa shape index (κ3) is 3.11. The van der Waals surface area contributed by atoms with Gasteiger partial charge in [-0.2, -0.15) is 0 Å². The molecule has 1 aliphatic rings. The highest BCUT2D eigenvalue weighted by Crippen LogP contribution is 2.14. The summed E-state index contributed by atoms with van der Waals surface area (Å²) in [5, 5.41) is 8.69. The van der Waals surface area contributed by atoms with Crippen molar-refractivity contribution in [1.82, 2.24) is 4.90 Å². The molecule has 2 heteroatoms. The van der Waals surface area contributed by atoms with Gasteiger partial charge in [0, 0.05) is 12.6 Å². The second-order valence-corrected chi connectivity index (χ2v) is 3.81. The predicted octanol–water partition coefficient (Wildman–Crippen LogP) is 1.63. The Morgan fingerprint density at radius 1 is 1.25 bits per heavy atom. The summed E-state index contributed by atoms with van der Waals surface area (Å²) in [6, 6.07) is 0.678. The Hall–Kier alpha value is -0.0800. The largest absolute Gasteiger partial charge is 0.396 e. The molecule has 0 amide bonds. The molecule has 72 valence electrons. The highest BCUT2D eigenvalue weighted by atomic mass is 16.2. The Balaban J connectivity index is 2.15. The number of rotatable bonds is 4. The number of hydrogen-bond donors (Lipinski definition) is 1. The second-order valence-electron chi connectivity index (χ2n) is 3.81. The molecular weight excluding hydrogens is 150 g/mol. The van der Waals surface area contributed by atoms with Gasteiger partial charge in [0.2, 0.25) is 0 Å². The summed E-state index contributed by atoms with van der Waals surface area (Å²) in [5.41, 5.74) is 0. The number of piperidine rings is 1. The van der Waals surface area contributed by atoms with Crippen molar-refractivity contribution in [3.8, 4) is 0 Å². The van der Waals surface area contributed by atoms with Gasteiger partial charge >= 0.3 is 0 Å². The molecule has 1 heterocycles. The summed E-state index contributed by atoms with van der Waals surface area (Å²) in [4.78, 5) is 2.55. The molecule has 0 aromatic heterocycles. The third-order valence-corrected chi connectivity index (χ3v) is 2.79. The Kier molecular flexibility index (Phi) is 4.62. The molecule has 2 nitrogen and oxygen atoms in total. The minimum absolute atomic E-state index is 0.345. The standard InChI is InChI=1S/C10H21NO/c1-10(6-5-9-12)11-7-3-2-4-8-11/h10,12H,2-9H2,1H3/t10-/m1/s1. The zero-order chi connectivity index (χ0) is 8.81. The highest BCUT2D eigenvalue weighted by Gasteiger charge is 2.15. The van der Waals surface area contributed by atoms with E-state index >= 15 is 0 Å². The van der Waals surface area contributed by atoms with E-state index in [2.05, 4.69) is 11.8 Å². The number of nitrogens with zero attached hydrogens (tertiary/aromatic N) is 1. The molecule has 1 fully saturated rings. The fourth-order valence-electron chi connectivity index (χ4n) is 1.93.